The Hall–Kier alpha value is -1.56. The third-order valence-electron chi connectivity index (χ3n) is 3.08. The molecule has 1 aliphatic heterocycles. The largest absolute Gasteiger partial charge is 0.342 e. The van der Waals surface area contributed by atoms with Crippen LogP contribution in [0.3, 0.4) is 0 Å². The van der Waals surface area contributed by atoms with Gasteiger partial charge in [-0.1, -0.05) is 0 Å². The molecule has 0 amide bonds. The maximum atomic E-state index is 13.7. The van der Waals surface area contributed by atoms with Gasteiger partial charge in [-0.3, -0.25) is 0 Å². The highest BCUT2D eigenvalue weighted by molar-refractivity contribution is 7.09. The van der Waals surface area contributed by atoms with Crippen LogP contribution in [-0.4, -0.2) is 15.9 Å². The fourth-order valence-corrected chi connectivity index (χ4v) is 2.87. The molecule has 0 bridgehead atoms. The Labute approximate surface area is 107 Å². The van der Waals surface area contributed by atoms with Gasteiger partial charge >= 0.3 is 0 Å². The zero-order valence-electron chi connectivity index (χ0n) is 9.78. The van der Waals surface area contributed by atoms with E-state index in [1.54, 1.807) is 0 Å². The number of hydrogen-bond donors (Lipinski definition) is 0. The van der Waals surface area contributed by atoms with Crippen LogP contribution in [0.15, 0.2) is 12.1 Å². The Morgan fingerprint density at radius 2 is 1.94 bits per heavy atom. The zero-order valence-corrected chi connectivity index (χ0v) is 10.6. The predicted octanol–water partition coefficient (Wildman–Crippen LogP) is 2.69. The van der Waals surface area contributed by atoms with Gasteiger partial charge in [-0.2, -0.15) is 4.37 Å². The van der Waals surface area contributed by atoms with Crippen LogP contribution in [0.5, 0.6) is 0 Å². The van der Waals surface area contributed by atoms with Crippen LogP contribution in [0, 0.1) is 18.6 Å². The standard InChI is InChI=1S/C12H11F2N3S/c1-7-15-12(18-16-7)17-5-4-8-9(6-17)11(14)3-2-10(8)13/h2-3H,4-6H2,1H3. The molecule has 0 fully saturated rings. The number of rotatable bonds is 1. The fraction of sp³-hybridized carbons (Fsp3) is 0.333. The number of nitrogens with zero attached hydrogens (tertiary/aromatic N) is 3. The van der Waals surface area contributed by atoms with E-state index in [1.165, 1.54) is 23.7 Å². The lowest BCUT2D eigenvalue weighted by Gasteiger charge is -2.28. The van der Waals surface area contributed by atoms with Gasteiger partial charge in [-0.05, 0) is 31.0 Å². The number of benzene rings is 1. The van der Waals surface area contributed by atoms with E-state index in [9.17, 15) is 8.78 Å². The SMILES string of the molecule is Cc1nsc(N2CCc3c(F)ccc(F)c3C2)n1. The van der Waals surface area contributed by atoms with Gasteiger partial charge in [0.1, 0.15) is 17.5 Å². The summed E-state index contributed by atoms with van der Waals surface area (Å²) < 4.78 is 31.4. The normalized spacial score (nSPS) is 14.7. The van der Waals surface area contributed by atoms with Crippen molar-refractivity contribution in [2.45, 2.75) is 19.9 Å². The summed E-state index contributed by atoms with van der Waals surface area (Å²) in [4.78, 5) is 6.22. The summed E-state index contributed by atoms with van der Waals surface area (Å²) in [6.45, 7) is 2.81. The van der Waals surface area contributed by atoms with Crippen LogP contribution < -0.4 is 4.90 Å². The summed E-state index contributed by atoms with van der Waals surface area (Å²) >= 11 is 1.29. The molecule has 1 aliphatic rings. The lowest BCUT2D eigenvalue weighted by Crippen LogP contribution is -2.31. The number of anilines is 1. The molecule has 6 heteroatoms. The van der Waals surface area contributed by atoms with Crippen molar-refractivity contribution in [2.75, 3.05) is 11.4 Å². The zero-order chi connectivity index (χ0) is 12.7. The Balaban J connectivity index is 1.96. The first-order valence-electron chi connectivity index (χ1n) is 5.66. The highest BCUT2D eigenvalue weighted by Crippen LogP contribution is 2.28. The van der Waals surface area contributed by atoms with E-state index < -0.39 is 0 Å². The summed E-state index contributed by atoms with van der Waals surface area (Å²) in [7, 11) is 0. The van der Waals surface area contributed by atoms with Crippen LogP contribution >= 0.6 is 11.5 Å². The molecule has 0 spiro atoms. The van der Waals surface area contributed by atoms with Crippen LogP contribution in [0.4, 0.5) is 13.9 Å². The van der Waals surface area contributed by atoms with Crippen molar-refractivity contribution in [3.63, 3.8) is 0 Å². The van der Waals surface area contributed by atoms with Gasteiger partial charge in [-0.25, -0.2) is 13.8 Å². The second-order valence-electron chi connectivity index (χ2n) is 4.28. The molecule has 3 rings (SSSR count). The number of fused-ring (bicyclic) bond motifs is 1. The molecule has 1 aromatic carbocycles. The minimum absolute atomic E-state index is 0.320. The average molecular weight is 267 g/mol. The third-order valence-corrected chi connectivity index (χ3v) is 3.95. The Kier molecular flexibility index (Phi) is 2.74. The number of hydrogen-bond acceptors (Lipinski definition) is 4. The fourth-order valence-electron chi connectivity index (χ4n) is 2.17. The highest BCUT2D eigenvalue weighted by atomic mass is 32.1. The summed E-state index contributed by atoms with van der Waals surface area (Å²) in [5.74, 6) is 0.0392. The molecule has 3 nitrogen and oxygen atoms in total. The van der Waals surface area contributed by atoms with Crippen molar-refractivity contribution >= 4 is 16.7 Å². The number of halogens is 2. The van der Waals surface area contributed by atoms with Gasteiger partial charge in [0.05, 0.1) is 0 Å². The second-order valence-corrected chi connectivity index (χ2v) is 5.01. The lowest BCUT2D eigenvalue weighted by atomic mass is 9.99. The third kappa shape index (κ3) is 1.86. The van der Waals surface area contributed by atoms with E-state index in [2.05, 4.69) is 9.36 Å². The van der Waals surface area contributed by atoms with Crippen LogP contribution in [0.25, 0.3) is 0 Å². The van der Waals surface area contributed by atoms with Gasteiger partial charge in [0.15, 0.2) is 0 Å². The van der Waals surface area contributed by atoms with E-state index in [-0.39, 0.29) is 11.6 Å². The molecule has 1 aromatic heterocycles. The molecule has 94 valence electrons. The van der Waals surface area contributed by atoms with E-state index in [0.29, 0.717) is 36.5 Å². The maximum Gasteiger partial charge on any atom is 0.205 e. The summed E-state index contributed by atoms with van der Waals surface area (Å²) in [5.41, 5.74) is 0.932. The molecular weight excluding hydrogens is 256 g/mol. The first-order chi connectivity index (χ1) is 8.65. The predicted molar refractivity (Wildman–Crippen MR) is 65.8 cm³/mol. The molecule has 0 aliphatic carbocycles. The minimum atomic E-state index is -0.350. The van der Waals surface area contributed by atoms with Crippen LogP contribution in [-0.2, 0) is 13.0 Å². The molecular formula is C12H11F2N3S. The molecule has 0 radical (unpaired) electrons. The molecule has 0 unspecified atom stereocenters. The van der Waals surface area contributed by atoms with Crippen molar-refractivity contribution < 1.29 is 8.78 Å². The molecule has 0 saturated carbocycles. The topological polar surface area (TPSA) is 29.0 Å². The highest BCUT2D eigenvalue weighted by Gasteiger charge is 2.24. The quantitative estimate of drug-likeness (QED) is 0.795. The smallest absolute Gasteiger partial charge is 0.205 e. The second kappa shape index (κ2) is 4.28. The van der Waals surface area contributed by atoms with Crippen LogP contribution in [0.2, 0.25) is 0 Å². The maximum absolute atomic E-state index is 13.7. The van der Waals surface area contributed by atoms with E-state index >= 15 is 0 Å². The molecule has 0 N–H and O–H groups in total. The number of aromatic nitrogens is 2. The number of aryl methyl sites for hydroxylation is 1. The Morgan fingerprint density at radius 3 is 2.61 bits per heavy atom. The molecule has 0 atom stereocenters. The Bertz CT molecular complexity index is 597. The summed E-state index contributed by atoms with van der Waals surface area (Å²) in [6, 6.07) is 2.38. The van der Waals surface area contributed by atoms with Crippen molar-refractivity contribution in [3.05, 3.63) is 40.7 Å². The summed E-state index contributed by atoms with van der Waals surface area (Å²) in [5, 5.41) is 0.766. The summed E-state index contributed by atoms with van der Waals surface area (Å²) in [6.07, 6.45) is 0.498. The van der Waals surface area contributed by atoms with Crippen LogP contribution in [0.1, 0.15) is 17.0 Å². The lowest BCUT2D eigenvalue weighted by molar-refractivity contribution is 0.549. The average Bonchev–Trinajstić information content (AvgIpc) is 2.80. The van der Waals surface area contributed by atoms with Crippen molar-refractivity contribution in [2.24, 2.45) is 0 Å². The molecule has 0 saturated heterocycles. The van der Waals surface area contributed by atoms with E-state index in [0.717, 1.165) is 5.13 Å². The first-order valence-corrected chi connectivity index (χ1v) is 6.43. The first kappa shape index (κ1) is 11.5. The van der Waals surface area contributed by atoms with Gasteiger partial charge in [0.25, 0.3) is 0 Å². The Morgan fingerprint density at radius 1 is 1.22 bits per heavy atom. The van der Waals surface area contributed by atoms with Gasteiger partial charge in [0.2, 0.25) is 5.13 Å². The van der Waals surface area contributed by atoms with Crippen molar-refractivity contribution in [3.8, 4) is 0 Å². The minimum Gasteiger partial charge on any atom is -0.342 e. The van der Waals surface area contributed by atoms with Gasteiger partial charge < -0.3 is 4.90 Å². The van der Waals surface area contributed by atoms with E-state index in [4.69, 9.17) is 0 Å². The molecule has 18 heavy (non-hydrogen) atoms. The van der Waals surface area contributed by atoms with Gasteiger partial charge in [0, 0.05) is 30.2 Å². The van der Waals surface area contributed by atoms with Crippen molar-refractivity contribution in [1.82, 2.24) is 9.36 Å². The van der Waals surface area contributed by atoms with Crippen molar-refractivity contribution in [1.29, 1.82) is 0 Å². The monoisotopic (exact) mass is 267 g/mol. The molecule has 2 aromatic rings. The van der Waals surface area contributed by atoms with E-state index in [1.807, 2.05) is 11.8 Å². The van der Waals surface area contributed by atoms with Gasteiger partial charge in [-0.15, -0.1) is 0 Å². The molecule has 2 heterocycles.